The minimum Gasteiger partial charge on any atom is -0.313 e. The van der Waals surface area contributed by atoms with Gasteiger partial charge in [0, 0.05) is 26.2 Å². The van der Waals surface area contributed by atoms with E-state index in [4.69, 9.17) is 0 Å². The lowest BCUT2D eigenvalue weighted by Crippen LogP contribution is -2.42. The first kappa shape index (κ1) is 15.3. The summed E-state index contributed by atoms with van der Waals surface area (Å²) in [5.74, 6) is 0.567. The predicted molar refractivity (Wildman–Crippen MR) is 78.6 cm³/mol. The second-order valence-corrected chi connectivity index (χ2v) is 8.78. The van der Waals surface area contributed by atoms with Gasteiger partial charge >= 0.3 is 0 Å². The van der Waals surface area contributed by atoms with Crippen LogP contribution in [0.5, 0.6) is 0 Å². The Hall–Kier alpha value is -0.130. The summed E-state index contributed by atoms with van der Waals surface area (Å²) in [5.41, 5.74) is 0. The summed E-state index contributed by atoms with van der Waals surface area (Å²) in [7, 11) is -1.39. The molecule has 0 bridgehead atoms. The van der Waals surface area contributed by atoms with Crippen molar-refractivity contribution in [3.8, 4) is 0 Å². The van der Waals surface area contributed by atoms with Crippen molar-refractivity contribution in [2.45, 2.75) is 63.2 Å². The molecule has 1 N–H and O–H groups in total. The van der Waals surface area contributed by atoms with Gasteiger partial charge in [0.25, 0.3) is 0 Å². The first-order valence-electron chi connectivity index (χ1n) is 7.68. The van der Waals surface area contributed by atoms with Gasteiger partial charge in [-0.2, -0.15) is 0 Å². The predicted octanol–water partition coefficient (Wildman–Crippen LogP) is 1.97. The molecule has 0 spiro atoms. The number of rotatable bonds is 7. The van der Waals surface area contributed by atoms with E-state index in [1.165, 1.54) is 44.9 Å². The molecular weight excluding hydrogens is 260 g/mol. The monoisotopic (exact) mass is 288 g/mol. The lowest BCUT2D eigenvalue weighted by atomic mass is 9.89. The molecule has 0 radical (unpaired) electrons. The van der Waals surface area contributed by atoms with Gasteiger partial charge in [0.2, 0.25) is 10.0 Å². The average Bonchev–Trinajstić information content (AvgIpc) is 3.21. The van der Waals surface area contributed by atoms with Gasteiger partial charge in [-0.15, -0.1) is 0 Å². The molecule has 0 aromatic rings. The first-order valence-corrected chi connectivity index (χ1v) is 9.19. The highest BCUT2D eigenvalue weighted by atomic mass is 32.2. The maximum atomic E-state index is 12.4. The lowest BCUT2D eigenvalue weighted by Gasteiger charge is -2.28. The Balaban J connectivity index is 1.81. The number of sulfonamides is 1. The van der Waals surface area contributed by atoms with Crippen LogP contribution in [0, 0.1) is 5.92 Å². The fourth-order valence-electron chi connectivity index (χ4n) is 2.87. The van der Waals surface area contributed by atoms with Crippen LogP contribution in [0.15, 0.2) is 0 Å². The van der Waals surface area contributed by atoms with E-state index >= 15 is 0 Å². The van der Waals surface area contributed by atoms with Crippen LogP contribution in [0.1, 0.15) is 51.9 Å². The van der Waals surface area contributed by atoms with Crippen LogP contribution in [0.2, 0.25) is 0 Å². The van der Waals surface area contributed by atoms with Crippen molar-refractivity contribution in [1.82, 2.24) is 9.62 Å². The van der Waals surface area contributed by atoms with Crippen molar-refractivity contribution in [1.29, 1.82) is 0 Å². The molecule has 0 saturated heterocycles. The summed E-state index contributed by atoms with van der Waals surface area (Å²) in [4.78, 5) is 0. The Morgan fingerprint density at radius 1 is 1.16 bits per heavy atom. The summed E-state index contributed by atoms with van der Waals surface area (Å²) < 4.78 is 26.4. The summed E-state index contributed by atoms with van der Waals surface area (Å²) >= 11 is 0. The van der Waals surface area contributed by atoms with Gasteiger partial charge in [0.15, 0.2) is 0 Å². The molecule has 2 fully saturated rings. The summed E-state index contributed by atoms with van der Waals surface area (Å²) in [6.07, 6.45) is 8.61. The van der Waals surface area contributed by atoms with Crippen molar-refractivity contribution in [2.24, 2.45) is 5.92 Å². The van der Waals surface area contributed by atoms with Gasteiger partial charge in [0.1, 0.15) is 0 Å². The highest BCUT2D eigenvalue weighted by molar-refractivity contribution is 7.89. The Morgan fingerprint density at radius 3 is 2.37 bits per heavy atom. The van der Waals surface area contributed by atoms with Crippen molar-refractivity contribution in [3.05, 3.63) is 0 Å². The molecule has 2 aliphatic rings. The largest absolute Gasteiger partial charge is 0.313 e. The number of hydrogen-bond acceptors (Lipinski definition) is 3. The Kier molecular flexibility index (Phi) is 5.26. The van der Waals surface area contributed by atoms with Crippen LogP contribution < -0.4 is 5.32 Å². The number of nitrogens with zero attached hydrogens (tertiary/aromatic N) is 1. The van der Waals surface area contributed by atoms with Gasteiger partial charge in [-0.1, -0.05) is 19.3 Å². The van der Waals surface area contributed by atoms with Crippen LogP contribution >= 0.6 is 0 Å². The second kappa shape index (κ2) is 6.55. The van der Waals surface area contributed by atoms with Crippen molar-refractivity contribution < 1.29 is 8.42 Å². The third-order valence-corrected chi connectivity index (χ3v) is 6.66. The topological polar surface area (TPSA) is 49.4 Å². The van der Waals surface area contributed by atoms with Gasteiger partial charge in [-0.3, -0.25) is 0 Å². The first-order chi connectivity index (χ1) is 9.00. The zero-order chi connectivity index (χ0) is 13.9. The maximum Gasteiger partial charge on any atom is 0.217 e. The van der Waals surface area contributed by atoms with Crippen LogP contribution in [-0.2, 0) is 10.0 Å². The lowest BCUT2D eigenvalue weighted by molar-refractivity contribution is 0.298. The minimum absolute atomic E-state index is 0.318. The third-order valence-electron chi connectivity index (χ3n) is 4.45. The highest BCUT2D eigenvalue weighted by Crippen LogP contribution is 2.25. The van der Waals surface area contributed by atoms with Crippen LogP contribution in [0.4, 0.5) is 0 Å². The Labute approximate surface area is 118 Å². The normalized spacial score (nSPS) is 23.7. The van der Waals surface area contributed by atoms with Gasteiger partial charge in [0.05, 0.1) is 5.25 Å². The van der Waals surface area contributed by atoms with E-state index in [1.54, 1.807) is 11.4 Å². The van der Waals surface area contributed by atoms with Crippen LogP contribution in [0.25, 0.3) is 0 Å². The van der Waals surface area contributed by atoms with Gasteiger partial charge in [-0.25, -0.2) is 12.7 Å². The van der Waals surface area contributed by atoms with E-state index in [2.05, 4.69) is 5.32 Å². The standard InChI is InChI=1S/C14H28N2O2S/c1-12(10-15-14-8-9-14)19(17,18)16(2)11-13-6-4-3-5-7-13/h12-15H,3-11H2,1-2H3. The summed E-state index contributed by atoms with van der Waals surface area (Å²) in [6, 6.07) is 0.571. The molecule has 0 heterocycles. The second-order valence-electron chi connectivity index (χ2n) is 6.32. The maximum absolute atomic E-state index is 12.4. The number of hydrogen-bond donors (Lipinski definition) is 1. The fourth-order valence-corrected chi connectivity index (χ4v) is 4.21. The molecule has 4 nitrogen and oxygen atoms in total. The number of nitrogens with one attached hydrogen (secondary N) is 1. The summed E-state index contributed by atoms with van der Waals surface area (Å²) in [5, 5.41) is 3.00. The molecule has 0 aromatic heterocycles. The van der Waals surface area contributed by atoms with Gasteiger partial charge < -0.3 is 5.32 Å². The van der Waals surface area contributed by atoms with Gasteiger partial charge in [-0.05, 0) is 38.5 Å². The molecule has 0 aromatic carbocycles. The highest BCUT2D eigenvalue weighted by Gasteiger charge is 2.30. The Morgan fingerprint density at radius 2 is 1.79 bits per heavy atom. The average molecular weight is 288 g/mol. The molecule has 1 unspecified atom stereocenters. The zero-order valence-electron chi connectivity index (χ0n) is 12.3. The molecule has 2 saturated carbocycles. The zero-order valence-corrected chi connectivity index (χ0v) is 13.1. The smallest absolute Gasteiger partial charge is 0.217 e. The van der Waals surface area contributed by atoms with E-state index < -0.39 is 10.0 Å². The molecule has 19 heavy (non-hydrogen) atoms. The quantitative estimate of drug-likeness (QED) is 0.779. The fraction of sp³-hybridized carbons (Fsp3) is 1.00. The molecule has 0 aliphatic heterocycles. The van der Waals surface area contributed by atoms with Crippen LogP contribution in [-0.4, -0.2) is 44.2 Å². The van der Waals surface area contributed by atoms with E-state index in [9.17, 15) is 8.42 Å². The molecule has 1 atom stereocenters. The van der Waals surface area contributed by atoms with Crippen molar-refractivity contribution in [2.75, 3.05) is 20.1 Å². The molecular formula is C14H28N2O2S. The molecule has 2 aliphatic carbocycles. The molecule has 5 heteroatoms. The van der Waals surface area contributed by atoms with E-state index in [0.29, 0.717) is 25.0 Å². The van der Waals surface area contributed by atoms with Crippen molar-refractivity contribution >= 4 is 10.0 Å². The summed E-state index contributed by atoms with van der Waals surface area (Å²) in [6.45, 7) is 3.11. The SMILES string of the molecule is CC(CNC1CC1)S(=O)(=O)N(C)CC1CCCCC1. The third kappa shape index (κ3) is 4.43. The van der Waals surface area contributed by atoms with E-state index in [1.807, 2.05) is 6.92 Å². The van der Waals surface area contributed by atoms with Crippen LogP contribution in [0.3, 0.4) is 0 Å². The Bertz CT molecular complexity index is 373. The molecule has 2 rings (SSSR count). The van der Waals surface area contributed by atoms with Crippen molar-refractivity contribution in [3.63, 3.8) is 0 Å². The molecule has 0 amide bonds. The molecule has 112 valence electrons. The minimum atomic E-state index is -3.14. The van der Waals surface area contributed by atoms with E-state index in [0.717, 1.165) is 0 Å². The van der Waals surface area contributed by atoms with E-state index in [-0.39, 0.29) is 5.25 Å².